The van der Waals surface area contributed by atoms with Gasteiger partial charge < -0.3 is 10.1 Å². The smallest absolute Gasteiger partial charge is 0.338 e. The fraction of sp³-hybridized carbons (Fsp3) is 0.0833. The predicted molar refractivity (Wildman–Crippen MR) is 114 cm³/mol. The number of carbonyl (C=O) groups excluding carboxylic acids is 4. The van der Waals surface area contributed by atoms with E-state index in [4.69, 9.17) is 4.74 Å². The molecule has 0 saturated carbocycles. The minimum Gasteiger partial charge on any atom is -0.449 e. The molecule has 1 heterocycles. The van der Waals surface area contributed by atoms with Crippen LogP contribution in [0.25, 0.3) is 0 Å². The largest absolute Gasteiger partial charge is 0.449 e. The summed E-state index contributed by atoms with van der Waals surface area (Å²) < 4.78 is 5.26. The molecule has 4 rings (SSSR count). The molecule has 0 aromatic heterocycles. The number of hydrogen-bond acceptors (Lipinski definition) is 5. The van der Waals surface area contributed by atoms with E-state index in [1.165, 1.54) is 19.1 Å². The van der Waals surface area contributed by atoms with E-state index in [1.54, 1.807) is 60.7 Å². The zero-order valence-corrected chi connectivity index (χ0v) is 16.6. The van der Waals surface area contributed by atoms with Crippen LogP contribution in [0.5, 0.6) is 0 Å². The molecule has 7 nitrogen and oxygen atoms in total. The first-order chi connectivity index (χ1) is 15.0. The van der Waals surface area contributed by atoms with Gasteiger partial charge in [0, 0.05) is 5.69 Å². The summed E-state index contributed by atoms with van der Waals surface area (Å²) in [6, 6.07) is 21.3. The zero-order valence-electron chi connectivity index (χ0n) is 16.6. The zero-order chi connectivity index (χ0) is 22.0. The summed E-state index contributed by atoms with van der Waals surface area (Å²) in [5.41, 5.74) is 1.58. The van der Waals surface area contributed by atoms with Gasteiger partial charge in [-0.1, -0.05) is 36.4 Å². The number of para-hydroxylation sites is 1. The second-order valence-electron chi connectivity index (χ2n) is 6.94. The van der Waals surface area contributed by atoms with E-state index in [9.17, 15) is 19.2 Å². The number of esters is 1. The molecule has 0 saturated heterocycles. The quantitative estimate of drug-likeness (QED) is 0.508. The summed E-state index contributed by atoms with van der Waals surface area (Å²) in [6.45, 7) is 1.46. The van der Waals surface area contributed by atoms with Gasteiger partial charge in [-0.3, -0.25) is 14.4 Å². The average molecular weight is 414 g/mol. The van der Waals surface area contributed by atoms with E-state index < -0.39 is 29.8 Å². The van der Waals surface area contributed by atoms with Crippen LogP contribution in [-0.4, -0.2) is 29.8 Å². The van der Waals surface area contributed by atoms with Crippen LogP contribution in [0.4, 0.5) is 11.4 Å². The normalized spacial score (nSPS) is 13.5. The molecular weight excluding hydrogens is 396 g/mol. The van der Waals surface area contributed by atoms with Crippen molar-refractivity contribution < 1.29 is 23.9 Å². The maximum atomic E-state index is 12.7. The van der Waals surface area contributed by atoms with Crippen LogP contribution < -0.4 is 10.2 Å². The third-order valence-electron chi connectivity index (χ3n) is 4.83. The molecule has 1 aliphatic heterocycles. The lowest BCUT2D eigenvalue weighted by Gasteiger charge is -2.16. The lowest BCUT2D eigenvalue weighted by Crippen LogP contribution is -2.31. The number of ether oxygens (including phenoxy) is 1. The molecule has 154 valence electrons. The first-order valence-corrected chi connectivity index (χ1v) is 9.60. The molecule has 0 bridgehead atoms. The molecule has 3 amide bonds. The van der Waals surface area contributed by atoms with Gasteiger partial charge >= 0.3 is 5.97 Å². The van der Waals surface area contributed by atoms with Gasteiger partial charge in [0.15, 0.2) is 6.10 Å². The Labute approximate surface area is 178 Å². The molecule has 31 heavy (non-hydrogen) atoms. The van der Waals surface area contributed by atoms with Gasteiger partial charge in [0.1, 0.15) is 0 Å². The first kappa shape index (κ1) is 20.0. The highest BCUT2D eigenvalue weighted by molar-refractivity contribution is 6.34. The van der Waals surface area contributed by atoms with Crippen molar-refractivity contribution in [2.45, 2.75) is 13.0 Å². The molecule has 1 atom stereocenters. The van der Waals surface area contributed by atoms with Gasteiger partial charge in [0.2, 0.25) is 0 Å². The summed E-state index contributed by atoms with van der Waals surface area (Å²) >= 11 is 0. The molecule has 3 aromatic rings. The van der Waals surface area contributed by atoms with Crippen LogP contribution >= 0.6 is 0 Å². The summed E-state index contributed by atoms with van der Waals surface area (Å²) in [4.78, 5) is 51.2. The number of rotatable bonds is 5. The van der Waals surface area contributed by atoms with Gasteiger partial charge in [-0.05, 0) is 49.4 Å². The monoisotopic (exact) mass is 414 g/mol. The van der Waals surface area contributed by atoms with Crippen molar-refractivity contribution in [1.29, 1.82) is 0 Å². The minimum absolute atomic E-state index is 0.119. The Kier molecular flexibility index (Phi) is 5.32. The molecule has 1 N–H and O–H groups in total. The van der Waals surface area contributed by atoms with Crippen LogP contribution in [0, 0.1) is 0 Å². The van der Waals surface area contributed by atoms with Crippen molar-refractivity contribution in [3.8, 4) is 0 Å². The summed E-state index contributed by atoms with van der Waals surface area (Å²) in [5.74, 6) is -2.13. The van der Waals surface area contributed by atoms with Crippen LogP contribution in [-0.2, 0) is 9.53 Å². The SMILES string of the molecule is C[C@H](OC(=O)c1cccc(N2C(=O)c3ccccc3C2=O)c1)C(=O)Nc1ccccc1. The van der Waals surface area contributed by atoms with E-state index in [2.05, 4.69) is 5.32 Å². The highest BCUT2D eigenvalue weighted by Crippen LogP contribution is 2.29. The van der Waals surface area contributed by atoms with Crippen LogP contribution in [0.15, 0.2) is 78.9 Å². The molecule has 7 heteroatoms. The molecular formula is C24H18N2O5. The summed E-state index contributed by atoms with van der Waals surface area (Å²) in [7, 11) is 0. The fourth-order valence-electron chi connectivity index (χ4n) is 3.24. The Hall–Kier alpha value is -4.26. The average Bonchev–Trinajstić information content (AvgIpc) is 3.04. The molecule has 0 unspecified atom stereocenters. The standard InChI is InChI=1S/C24H18N2O5/c1-15(21(27)25-17-9-3-2-4-10-17)31-24(30)16-8-7-11-18(14-16)26-22(28)19-12-5-6-13-20(19)23(26)29/h2-15H,1H3,(H,25,27)/t15-/m0/s1. The van der Waals surface area contributed by atoms with Crippen LogP contribution in [0.1, 0.15) is 38.0 Å². The molecule has 0 fully saturated rings. The maximum Gasteiger partial charge on any atom is 0.338 e. The van der Waals surface area contributed by atoms with Crippen molar-refractivity contribution in [3.63, 3.8) is 0 Å². The Bertz CT molecular complexity index is 1150. The second-order valence-corrected chi connectivity index (χ2v) is 6.94. The van der Waals surface area contributed by atoms with Crippen LogP contribution in [0.3, 0.4) is 0 Å². The fourth-order valence-corrected chi connectivity index (χ4v) is 3.24. The number of amides is 3. The van der Waals surface area contributed by atoms with Crippen molar-refractivity contribution in [2.24, 2.45) is 0 Å². The van der Waals surface area contributed by atoms with Crippen molar-refractivity contribution >= 4 is 35.1 Å². The maximum absolute atomic E-state index is 12.7. The molecule has 3 aromatic carbocycles. The van der Waals surface area contributed by atoms with Crippen molar-refractivity contribution in [2.75, 3.05) is 10.2 Å². The molecule has 0 spiro atoms. The first-order valence-electron chi connectivity index (χ1n) is 9.60. The van der Waals surface area contributed by atoms with Gasteiger partial charge in [-0.15, -0.1) is 0 Å². The van der Waals surface area contributed by atoms with E-state index in [0.29, 0.717) is 16.8 Å². The predicted octanol–water partition coefficient (Wildman–Crippen LogP) is 3.67. The van der Waals surface area contributed by atoms with Gasteiger partial charge in [0.25, 0.3) is 17.7 Å². The topological polar surface area (TPSA) is 92.8 Å². The lowest BCUT2D eigenvalue weighted by molar-refractivity contribution is -0.123. The van der Waals surface area contributed by atoms with Crippen molar-refractivity contribution in [3.05, 3.63) is 95.6 Å². The summed E-state index contributed by atoms with van der Waals surface area (Å²) in [5, 5.41) is 2.66. The van der Waals surface area contributed by atoms with Crippen LogP contribution in [0.2, 0.25) is 0 Å². The number of nitrogens with zero attached hydrogens (tertiary/aromatic N) is 1. The molecule has 0 radical (unpaired) electrons. The Morgan fingerprint density at radius 1 is 0.839 bits per heavy atom. The number of fused-ring (bicyclic) bond motifs is 1. The highest BCUT2D eigenvalue weighted by atomic mass is 16.5. The number of benzene rings is 3. The van der Waals surface area contributed by atoms with E-state index in [-0.39, 0.29) is 11.3 Å². The number of carbonyl (C=O) groups is 4. The second kappa shape index (κ2) is 8.23. The molecule has 1 aliphatic rings. The van der Waals surface area contributed by atoms with Crippen molar-refractivity contribution in [1.82, 2.24) is 0 Å². The number of hydrogen-bond donors (Lipinski definition) is 1. The minimum atomic E-state index is -1.05. The van der Waals surface area contributed by atoms with E-state index >= 15 is 0 Å². The lowest BCUT2D eigenvalue weighted by atomic mass is 10.1. The Balaban J connectivity index is 1.48. The number of nitrogens with one attached hydrogen (secondary N) is 1. The van der Waals surface area contributed by atoms with Gasteiger partial charge in [-0.25, -0.2) is 9.69 Å². The molecule has 0 aliphatic carbocycles. The third-order valence-corrected chi connectivity index (χ3v) is 4.83. The number of imide groups is 1. The van der Waals surface area contributed by atoms with Gasteiger partial charge in [0.05, 0.1) is 22.4 Å². The van der Waals surface area contributed by atoms with Gasteiger partial charge in [-0.2, -0.15) is 0 Å². The highest BCUT2D eigenvalue weighted by Gasteiger charge is 2.36. The third kappa shape index (κ3) is 3.93. The summed E-state index contributed by atoms with van der Waals surface area (Å²) in [6.07, 6.45) is -1.05. The van der Waals surface area contributed by atoms with E-state index in [1.807, 2.05) is 6.07 Å². The van der Waals surface area contributed by atoms with E-state index in [0.717, 1.165) is 4.90 Å². The Morgan fingerprint density at radius 2 is 1.45 bits per heavy atom. The number of anilines is 2. The Morgan fingerprint density at radius 3 is 2.10 bits per heavy atom.